The number of phenols is 1. The van der Waals surface area contributed by atoms with Crippen LogP contribution in [0.5, 0.6) is 5.75 Å². The normalized spacial score (nSPS) is 10.1. The molecule has 2 aromatic rings. The van der Waals surface area contributed by atoms with E-state index in [1.807, 2.05) is 0 Å². The summed E-state index contributed by atoms with van der Waals surface area (Å²) in [6, 6.07) is 9.26. The molecule has 0 saturated heterocycles. The fraction of sp³-hybridized carbons (Fsp3) is 0. The molecule has 0 heterocycles. The van der Waals surface area contributed by atoms with Crippen molar-refractivity contribution >= 4 is 11.4 Å². The van der Waals surface area contributed by atoms with E-state index in [0.717, 1.165) is 6.07 Å². The van der Waals surface area contributed by atoms with Crippen LogP contribution in [-0.4, -0.2) is 15.0 Å². The number of nitrogens with zero attached hydrogens (tertiary/aromatic N) is 2. The van der Waals surface area contributed by atoms with Crippen LogP contribution >= 0.6 is 0 Å². The molecule has 0 fully saturated rings. The Kier molecular flexibility index (Phi) is 3.11. The molecule has 0 aliphatic rings. The van der Waals surface area contributed by atoms with Gasteiger partial charge in [-0.05, 0) is 23.3 Å². The SMILES string of the molecule is O=[N+]([O-])c1cc(-c2ccc(O)cc2)cc([N+](=O)[O-])c1. The monoisotopic (exact) mass is 260 g/mol. The predicted molar refractivity (Wildman–Crippen MR) is 66.9 cm³/mol. The Hall–Kier alpha value is -2.96. The van der Waals surface area contributed by atoms with Gasteiger partial charge in [-0.1, -0.05) is 12.1 Å². The molecule has 1 N–H and O–H groups in total. The highest BCUT2D eigenvalue weighted by Crippen LogP contribution is 2.30. The van der Waals surface area contributed by atoms with Crippen molar-refractivity contribution in [3.05, 3.63) is 62.7 Å². The van der Waals surface area contributed by atoms with Crippen molar-refractivity contribution in [2.24, 2.45) is 0 Å². The molecule has 0 bridgehead atoms. The zero-order valence-corrected chi connectivity index (χ0v) is 9.52. The summed E-state index contributed by atoms with van der Waals surface area (Å²) in [6.45, 7) is 0. The first kappa shape index (κ1) is 12.5. The zero-order valence-electron chi connectivity index (χ0n) is 9.52. The maximum Gasteiger partial charge on any atom is 0.276 e. The standard InChI is InChI=1S/C12H8N2O5/c15-12-3-1-8(2-4-12)9-5-10(13(16)17)7-11(6-9)14(18)19/h1-7,15H. The van der Waals surface area contributed by atoms with Gasteiger partial charge in [0.25, 0.3) is 11.4 Å². The summed E-state index contributed by atoms with van der Waals surface area (Å²) in [6.07, 6.45) is 0. The van der Waals surface area contributed by atoms with Crippen molar-refractivity contribution in [3.63, 3.8) is 0 Å². The largest absolute Gasteiger partial charge is 0.508 e. The van der Waals surface area contributed by atoms with Crippen LogP contribution < -0.4 is 0 Å². The molecule has 0 spiro atoms. The zero-order chi connectivity index (χ0) is 14.0. The van der Waals surface area contributed by atoms with Crippen LogP contribution in [0.4, 0.5) is 11.4 Å². The molecule has 7 nitrogen and oxygen atoms in total. The summed E-state index contributed by atoms with van der Waals surface area (Å²) in [5, 5.41) is 30.7. The highest BCUT2D eigenvalue weighted by molar-refractivity contribution is 5.70. The molecule has 0 aliphatic heterocycles. The molecule has 0 atom stereocenters. The van der Waals surface area contributed by atoms with Gasteiger partial charge in [-0.15, -0.1) is 0 Å². The predicted octanol–water partition coefficient (Wildman–Crippen LogP) is 2.88. The van der Waals surface area contributed by atoms with Crippen molar-refractivity contribution in [1.82, 2.24) is 0 Å². The Labute approximate surface area is 107 Å². The Morgan fingerprint density at radius 3 is 1.68 bits per heavy atom. The summed E-state index contributed by atoms with van der Waals surface area (Å²) in [7, 11) is 0. The van der Waals surface area contributed by atoms with Gasteiger partial charge in [0.05, 0.1) is 15.9 Å². The molecule has 96 valence electrons. The number of aromatic hydroxyl groups is 1. The summed E-state index contributed by atoms with van der Waals surface area (Å²) in [5.41, 5.74) is 0.194. The first-order chi connectivity index (χ1) is 8.97. The minimum absolute atomic E-state index is 0.0451. The fourth-order valence-electron chi connectivity index (χ4n) is 1.63. The molecule has 0 aromatic heterocycles. The molecule has 2 aromatic carbocycles. The molecular weight excluding hydrogens is 252 g/mol. The Morgan fingerprint density at radius 1 is 0.789 bits per heavy atom. The number of nitro benzene ring substituents is 2. The molecule has 7 heteroatoms. The summed E-state index contributed by atoms with van der Waals surface area (Å²) in [4.78, 5) is 20.1. The van der Waals surface area contributed by atoms with Crippen LogP contribution in [-0.2, 0) is 0 Å². The number of phenolic OH excluding ortho intramolecular Hbond substituents is 1. The second kappa shape index (κ2) is 4.73. The number of rotatable bonds is 3. The van der Waals surface area contributed by atoms with Crippen molar-refractivity contribution in [2.45, 2.75) is 0 Å². The average Bonchev–Trinajstić information content (AvgIpc) is 2.39. The fourth-order valence-corrected chi connectivity index (χ4v) is 1.63. The molecule has 0 unspecified atom stereocenters. The van der Waals surface area contributed by atoms with E-state index in [0.29, 0.717) is 11.1 Å². The van der Waals surface area contributed by atoms with Crippen LogP contribution in [0.25, 0.3) is 11.1 Å². The van der Waals surface area contributed by atoms with Crippen molar-refractivity contribution in [3.8, 4) is 16.9 Å². The Balaban J connectivity index is 2.59. The summed E-state index contributed by atoms with van der Waals surface area (Å²) in [5.74, 6) is 0.0451. The second-order valence-corrected chi connectivity index (χ2v) is 3.80. The number of benzene rings is 2. The third kappa shape index (κ3) is 2.65. The van der Waals surface area contributed by atoms with E-state index < -0.39 is 9.85 Å². The number of non-ortho nitro benzene ring substituents is 2. The van der Waals surface area contributed by atoms with Crippen LogP contribution in [0.2, 0.25) is 0 Å². The van der Waals surface area contributed by atoms with Crippen LogP contribution in [0.15, 0.2) is 42.5 Å². The van der Waals surface area contributed by atoms with E-state index >= 15 is 0 Å². The topological polar surface area (TPSA) is 107 Å². The lowest BCUT2D eigenvalue weighted by Gasteiger charge is -2.02. The number of hydrogen-bond acceptors (Lipinski definition) is 5. The van der Waals surface area contributed by atoms with Crippen molar-refractivity contribution in [1.29, 1.82) is 0 Å². The molecular formula is C12H8N2O5. The lowest BCUT2D eigenvalue weighted by molar-refractivity contribution is -0.394. The maximum atomic E-state index is 10.8. The van der Waals surface area contributed by atoms with E-state index in [1.165, 1.54) is 36.4 Å². The van der Waals surface area contributed by atoms with E-state index in [4.69, 9.17) is 0 Å². The summed E-state index contributed by atoms with van der Waals surface area (Å²) < 4.78 is 0. The minimum Gasteiger partial charge on any atom is -0.508 e. The van der Waals surface area contributed by atoms with E-state index in [2.05, 4.69) is 0 Å². The third-order valence-corrected chi connectivity index (χ3v) is 2.52. The maximum absolute atomic E-state index is 10.8. The highest BCUT2D eigenvalue weighted by atomic mass is 16.6. The van der Waals surface area contributed by atoms with Gasteiger partial charge in [0.2, 0.25) is 0 Å². The van der Waals surface area contributed by atoms with Gasteiger partial charge in [0.15, 0.2) is 0 Å². The molecule has 0 radical (unpaired) electrons. The van der Waals surface area contributed by atoms with Gasteiger partial charge in [-0.3, -0.25) is 20.2 Å². The van der Waals surface area contributed by atoms with E-state index in [9.17, 15) is 25.3 Å². The second-order valence-electron chi connectivity index (χ2n) is 3.80. The van der Waals surface area contributed by atoms with Gasteiger partial charge >= 0.3 is 0 Å². The van der Waals surface area contributed by atoms with Crippen LogP contribution in [0.1, 0.15) is 0 Å². The Morgan fingerprint density at radius 2 is 1.26 bits per heavy atom. The number of nitro groups is 2. The van der Waals surface area contributed by atoms with Crippen LogP contribution in [0.3, 0.4) is 0 Å². The van der Waals surface area contributed by atoms with Crippen molar-refractivity contribution < 1.29 is 15.0 Å². The van der Waals surface area contributed by atoms with E-state index in [1.54, 1.807) is 0 Å². The van der Waals surface area contributed by atoms with Gasteiger partial charge < -0.3 is 5.11 Å². The van der Waals surface area contributed by atoms with Crippen LogP contribution in [0, 0.1) is 20.2 Å². The van der Waals surface area contributed by atoms with E-state index in [-0.39, 0.29) is 17.1 Å². The molecule has 0 amide bonds. The third-order valence-electron chi connectivity index (χ3n) is 2.52. The molecule has 0 saturated carbocycles. The molecule has 0 aliphatic carbocycles. The molecule has 2 rings (SSSR count). The Bertz CT molecular complexity index is 619. The summed E-state index contributed by atoms with van der Waals surface area (Å²) >= 11 is 0. The average molecular weight is 260 g/mol. The van der Waals surface area contributed by atoms with Gasteiger partial charge in [0.1, 0.15) is 5.75 Å². The van der Waals surface area contributed by atoms with Gasteiger partial charge in [0, 0.05) is 12.1 Å². The lowest BCUT2D eigenvalue weighted by Crippen LogP contribution is -1.93. The highest BCUT2D eigenvalue weighted by Gasteiger charge is 2.17. The smallest absolute Gasteiger partial charge is 0.276 e. The molecule has 19 heavy (non-hydrogen) atoms. The minimum atomic E-state index is -0.684. The van der Waals surface area contributed by atoms with Gasteiger partial charge in [-0.2, -0.15) is 0 Å². The quantitative estimate of drug-likeness (QED) is 0.674. The number of hydrogen-bond donors (Lipinski definition) is 1. The first-order valence-electron chi connectivity index (χ1n) is 5.20. The first-order valence-corrected chi connectivity index (χ1v) is 5.20. The van der Waals surface area contributed by atoms with Gasteiger partial charge in [-0.25, -0.2) is 0 Å². The lowest BCUT2D eigenvalue weighted by atomic mass is 10.0. The van der Waals surface area contributed by atoms with Crippen molar-refractivity contribution in [2.75, 3.05) is 0 Å².